The topological polar surface area (TPSA) is 101 Å². The van der Waals surface area contributed by atoms with E-state index in [9.17, 15) is 24.0 Å². The minimum atomic E-state index is -0.646. The molecule has 0 fully saturated rings. The fourth-order valence-corrected chi connectivity index (χ4v) is 6.25. The van der Waals surface area contributed by atoms with Crippen LogP contribution in [0.4, 0.5) is 11.4 Å². The van der Waals surface area contributed by atoms with Gasteiger partial charge in [-0.2, -0.15) is 0 Å². The number of anilines is 2. The third kappa shape index (κ3) is 4.11. The average molecular weight is 603 g/mol. The molecule has 8 nitrogen and oxygen atoms in total. The normalized spacial score (nSPS) is 15.1. The third-order valence-corrected chi connectivity index (χ3v) is 8.42. The van der Waals surface area contributed by atoms with E-state index >= 15 is 0 Å². The van der Waals surface area contributed by atoms with Crippen LogP contribution in [0.1, 0.15) is 63.8 Å². The van der Waals surface area contributed by atoms with Crippen molar-refractivity contribution in [2.24, 2.45) is 0 Å². The molecule has 0 N–H and O–H groups in total. The zero-order valence-corrected chi connectivity index (χ0v) is 24.1. The van der Waals surface area contributed by atoms with Crippen molar-refractivity contribution in [3.8, 4) is 5.75 Å². The van der Waals surface area contributed by atoms with E-state index in [0.717, 1.165) is 27.4 Å². The Bertz CT molecular complexity index is 2180. The molecule has 3 aliphatic rings. The van der Waals surface area contributed by atoms with Crippen molar-refractivity contribution >= 4 is 57.3 Å². The minimum Gasteiger partial charge on any atom is -0.423 e. The van der Waals surface area contributed by atoms with Gasteiger partial charge >= 0.3 is 5.97 Å². The summed E-state index contributed by atoms with van der Waals surface area (Å²) in [5.74, 6) is -2.64. The first kappa shape index (κ1) is 27.2. The molecule has 0 saturated heterocycles. The highest BCUT2D eigenvalue weighted by Crippen LogP contribution is 2.40. The van der Waals surface area contributed by atoms with Gasteiger partial charge in [-0.1, -0.05) is 54.6 Å². The van der Waals surface area contributed by atoms with Gasteiger partial charge in [0.1, 0.15) is 5.75 Å². The summed E-state index contributed by atoms with van der Waals surface area (Å²) >= 11 is 0. The highest BCUT2D eigenvalue weighted by Gasteiger charge is 2.40. The molecule has 0 saturated carbocycles. The number of carbonyl (C=O) groups excluding carboxylic acids is 5. The largest absolute Gasteiger partial charge is 0.423 e. The summed E-state index contributed by atoms with van der Waals surface area (Å²) in [7, 11) is 0. The van der Waals surface area contributed by atoms with E-state index in [2.05, 4.69) is 12.2 Å². The van der Waals surface area contributed by atoms with Gasteiger partial charge in [-0.15, -0.1) is 0 Å². The van der Waals surface area contributed by atoms with Gasteiger partial charge in [-0.3, -0.25) is 19.2 Å². The second-order valence-corrected chi connectivity index (χ2v) is 11.1. The Balaban J connectivity index is 1.15. The van der Waals surface area contributed by atoms with Crippen molar-refractivity contribution in [1.29, 1.82) is 0 Å². The van der Waals surface area contributed by atoms with Crippen LogP contribution in [-0.2, 0) is 0 Å². The number of rotatable bonds is 5. The summed E-state index contributed by atoms with van der Waals surface area (Å²) in [6.07, 6.45) is 7.06. The number of hydrogen-bond acceptors (Lipinski definition) is 6. The molecule has 0 bridgehead atoms. The van der Waals surface area contributed by atoms with Crippen molar-refractivity contribution in [3.63, 3.8) is 0 Å². The maximum atomic E-state index is 13.9. The molecule has 8 rings (SSSR count). The fourth-order valence-electron chi connectivity index (χ4n) is 6.25. The lowest BCUT2D eigenvalue weighted by atomic mass is 9.85. The van der Waals surface area contributed by atoms with Gasteiger partial charge in [-0.05, 0) is 84.3 Å². The third-order valence-electron chi connectivity index (χ3n) is 8.42. The first-order chi connectivity index (χ1) is 22.4. The van der Waals surface area contributed by atoms with Gasteiger partial charge in [0.15, 0.2) is 0 Å². The van der Waals surface area contributed by atoms with Crippen molar-refractivity contribution in [3.05, 3.63) is 155 Å². The van der Waals surface area contributed by atoms with Gasteiger partial charge in [-0.25, -0.2) is 14.6 Å². The van der Waals surface area contributed by atoms with Crippen LogP contribution in [0.3, 0.4) is 0 Å². The van der Waals surface area contributed by atoms with Crippen LogP contribution in [0, 0.1) is 0 Å². The predicted octanol–water partition coefficient (Wildman–Crippen LogP) is 7.00. The monoisotopic (exact) mass is 602 g/mol. The van der Waals surface area contributed by atoms with Gasteiger partial charge in [0.2, 0.25) is 0 Å². The Kier molecular flexibility index (Phi) is 6.11. The number of imide groups is 2. The molecule has 220 valence electrons. The molecule has 4 amide bonds. The van der Waals surface area contributed by atoms with Crippen LogP contribution in [0.2, 0.25) is 0 Å². The number of hydrogen-bond donors (Lipinski definition) is 0. The van der Waals surface area contributed by atoms with Gasteiger partial charge in [0, 0.05) is 33.0 Å². The number of ether oxygens (including phenoxy) is 1. The zero-order chi connectivity index (χ0) is 31.5. The van der Waals surface area contributed by atoms with Gasteiger partial charge in [0.05, 0.1) is 16.9 Å². The van der Waals surface area contributed by atoms with Crippen LogP contribution in [0.25, 0.3) is 16.3 Å². The molecule has 8 heteroatoms. The van der Waals surface area contributed by atoms with Crippen LogP contribution >= 0.6 is 0 Å². The standard InChI is InChI=1S/C38H22N2O6/c41-34-28-17-19-30-33-31(20-18-29(32(28)33)35(42)39(34)25-15-13-23(14-16-25)22-7-4-5-8-22)37(44)40(36(30)43)26-10-6-9-24(21-26)38(45)46-27-11-2-1-3-12-27/h1-4,6-21H,5H2. The number of nitrogens with zero attached hydrogens (tertiary/aromatic N) is 2. The summed E-state index contributed by atoms with van der Waals surface area (Å²) in [4.78, 5) is 70.4. The SMILES string of the molecule is O=C(Oc1ccccc1)c1cccc(N2C(=O)c3ccc4c5c(ccc(c35)C2=O)C(=O)N(c2ccc(C3=CCC=C3)cc2)C4=O)c1. The lowest BCUT2D eigenvalue weighted by Crippen LogP contribution is -2.43. The van der Waals surface area contributed by atoms with Crippen LogP contribution in [0.15, 0.2) is 121 Å². The number of allylic oxidation sites excluding steroid dienone is 4. The van der Waals surface area contributed by atoms with Crippen molar-refractivity contribution in [2.45, 2.75) is 6.42 Å². The van der Waals surface area contributed by atoms with Crippen molar-refractivity contribution in [1.82, 2.24) is 0 Å². The average Bonchev–Trinajstić information content (AvgIpc) is 3.63. The van der Waals surface area contributed by atoms with Crippen LogP contribution in [0.5, 0.6) is 5.75 Å². The highest BCUT2D eigenvalue weighted by atomic mass is 16.5. The first-order valence-corrected chi connectivity index (χ1v) is 14.6. The van der Waals surface area contributed by atoms with Crippen molar-refractivity contribution in [2.75, 3.05) is 9.80 Å². The van der Waals surface area contributed by atoms with Crippen molar-refractivity contribution < 1.29 is 28.7 Å². The Morgan fingerprint density at radius 3 is 1.70 bits per heavy atom. The predicted molar refractivity (Wildman–Crippen MR) is 172 cm³/mol. The Labute approximate surface area is 262 Å². The summed E-state index contributed by atoms with van der Waals surface area (Å²) in [6, 6.07) is 27.9. The van der Waals surface area contributed by atoms with E-state index in [0.29, 0.717) is 11.4 Å². The summed E-state index contributed by atoms with van der Waals surface area (Å²) in [5, 5.41) is 0.540. The van der Waals surface area contributed by atoms with Gasteiger partial charge in [0.25, 0.3) is 23.6 Å². The maximum absolute atomic E-state index is 13.9. The number of benzene rings is 5. The second kappa shape index (κ2) is 10.3. The molecule has 0 atom stereocenters. The minimum absolute atomic E-state index is 0.152. The number of esters is 1. The summed E-state index contributed by atoms with van der Waals surface area (Å²) < 4.78 is 5.43. The molecule has 2 heterocycles. The molecular formula is C38H22N2O6. The van der Waals surface area contributed by atoms with E-state index in [4.69, 9.17) is 4.74 Å². The number of para-hydroxylation sites is 1. The van der Waals surface area contributed by atoms with Gasteiger partial charge < -0.3 is 4.74 Å². The molecule has 0 unspecified atom stereocenters. The van der Waals surface area contributed by atoms with E-state index in [1.165, 1.54) is 36.4 Å². The zero-order valence-electron chi connectivity index (χ0n) is 24.1. The summed E-state index contributed by atoms with van der Waals surface area (Å²) in [6.45, 7) is 0. The second-order valence-electron chi connectivity index (χ2n) is 11.1. The summed E-state index contributed by atoms with van der Waals surface area (Å²) in [5.41, 5.74) is 3.60. The number of amides is 4. The molecule has 0 spiro atoms. The quantitative estimate of drug-likeness (QED) is 0.122. The molecule has 46 heavy (non-hydrogen) atoms. The molecular weight excluding hydrogens is 580 g/mol. The molecule has 2 aliphatic heterocycles. The lowest BCUT2D eigenvalue weighted by molar-refractivity contribution is 0.0732. The Morgan fingerprint density at radius 1 is 0.587 bits per heavy atom. The molecule has 1 aliphatic carbocycles. The Morgan fingerprint density at radius 2 is 1.15 bits per heavy atom. The maximum Gasteiger partial charge on any atom is 0.343 e. The number of carbonyl (C=O) groups is 5. The smallest absolute Gasteiger partial charge is 0.343 e. The van der Waals surface area contributed by atoms with Crippen LogP contribution < -0.4 is 14.5 Å². The molecule has 5 aromatic carbocycles. The van der Waals surface area contributed by atoms with Crippen LogP contribution in [-0.4, -0.2) is 29.6 Å². The van der Waals surface area contributed by atoms with E-state index < -0.39 is 29.6 Å². The molecule has 5 aromatic rings. The highest BCUT2D eigenvalue weighted by molar-refractivity contribution is 6.42. The van der Waals surface area contributed by atoms with E-state index in [-0.39, 0.29) is 44.3 Å². The van der Waals surface area contributed by atoms with E-state index in [1.54, 1.807) is 54.6 Å². The molecule has 0 radical (unpaired) electrons. The van der Waals surface area contributed by atoms with E-state index in [1.807, 2.05) is 18.2 Å². The lowest BCUT2D eigenvalue weighted by Gasteiger charge is -2.32. The first-order valence-electron chi connectivity index (χ1n) is 14.6. The molecule has 0 aromatic heterocycles. The Hall–Kier alpha value is -6.41. The fraction of sp³-hybridized carbons (Fsp3) is 0.0263.